The third-order valence-corrected chi connectivity index (χ3v) is 26.2. The Bertz CT molecular complexity index is 3150. The van der Waals surface area contributed by atoms with Crippen LogP contribution in [-0.2, 0) is 11.2 Å². The van der Waals surface area contributed by atoms with E-state index in [-0.39, 0.29) is 39.4 Å². The number of aliphatic hydroxyl groups excluding tert-OH is 2. The van der Waals surface area contributed by atoms with E-state index in [1.807, 2.05) is 0 Å². The number of benzene rings is 2. The van der Waals surface area contributed by atoms with Crippen LogP contribution in [-0.4, -0.2) is 46.6 Å². The topological polar surface area (TPSA) is 102 Å². The number of rotatable bonds is 5. The lowest BCUT2D eigenvalue weighted by Gasteiger charge is -2.74. The van der Waals surface area contributed by atoms with Crippen LogP contribution in [0.5, 0.6) is 0 Å². The highest BCUT2D eigenvalue weighted by atomic mass is 16.4. The van der Waals surface area contributed by atoms with Gasteiger partial charge in [-0.1, -0.05) is 174 Å². The van der Waals surface area contributed by atoms with E-state index < -0.39 is 29.5 Å². The highest BCUT2D eigenvalue weighted by Crippen LogP contribution is 2.83. The van der Waals surface area contributed by atoms with Gasteiger partial charge in [-0.2, -0.15) is 0 Å². The molecule has 18 rings (SSSR count). The minimum Gasteiger partial charge on any atom is -0.481 e. The Morgan fingerprint density at radius 3 is 2.42 bits per heavy atom. The number of fused-ring (bicyclic) bond motifs is 2. The summed E-state index contributed by atoms with van der Waals surface area (Å²) in [6, 6.07) is 18.8. The number of carboxylic acids is 1. The fourth-order valence-corrected chi connectivity index (χ4v) is 23.1. The molecule has 6 heteroatoms. The molecule has 16 aliphatic rings. The van der Waals surface area contributed by atoms with Gasteiger partial charge in [-0.3, -0.25) is 4.79 Å². The monoisotopic (exact) mass is 1090 g/mol. The predicted octanol–water partition coefficient (Wildman–Crippen LogP) is 14.5. The largest absolute Gasteiger partial charge is 0.481 e. The van der Waals surface area contributed by atoms with E-state index in [9.17, 15) is 20.1 Å². The lowest BCUT2D eigenvalue weighted by atomic mass is 9.29. The summed E-state index contributed by atoms with van der Waals surface area (Å²) in [5.74, 6) is 3.04. The summed E-state index contributed by atoms with van der Waals surface area (Å²) in [6.07, 6.45) is 38.4. The second kappa shape index (κ2) is 20.7. The molecule has 2 aromatic carbocycles. The molecule has 6 nitrogen and oxygen atoms in total. The second-order valence-electron chi connectivity index (χ2n) is 30.3. The summed E-state index contributed by atoms with van der Waals surface area (Å²) in [5.41, 5.74) is 11.5. The number of carboxylic acid groups (broad SMARTS) is 1. The van der Waals surface area contributed by atoms with Gasteiger partial charge in [-0.15, -0.1) is 0 Å². The number of hydrogen-bond acceptors (Lipinski definition) is 5. The summed E-state index contributed by atoms with van der Waals surface area (Å²) in [6.45, 7) is 16.5. The van der Waals surface area contributed by atoms with Crippen molar-refractivity contribution >= 4 is 23.2 Å². The number of aliphatic carboxylic acids is 1. The van der Waals surface area contributed by atoms with Crippen molar-refractivity contribution in [1.29, 1.82) is 0 Å². The van der Waals surface area contributed by atoms with Gasteiger partial charge in [0.25, 0.3) is 0 Å². The maximum absolute atomic E-state index is 14.5. The molecule has 5 N–H and O–H groups in total. The van der Waals surface area contributed by atoms with Gasteiger partial charge in [-0.25, -0.2) is 0 Å². The average Bonchev–Trinajstić information content (AvgIpc) is 1.63. The van der Waals surface area contributed by atoms with Gasteiger partial charge in [0.1, 0.15) is 0 Å². The Balaban J connectivity index is 0.999. The fourth-order valence-electron chi connectivity index (χ4n) is 23.1. The van der Waals surface area contributed by atoms with E-state index in [0.29, 0.717) is 48.9 Å². The third kappa shape index (κ3) is 8.42. The molecule has 5 fully saturated rings. The molecule has 0 amide bonds. The van der Waals surface area contributed by atoms with Gasteiger partial charge in [0.15, 0.2) is 0 Å². The van der Waals surface area contributed by atoms with Gasteiger partial charge in [0.05, 0.1) is 23.9 Å². The van der Waals surface area contributed by atoms with E-state index in [2.05, 4.69) is 117 Å². The zero-order chi connectivity index (χ0) is 55.6. The van der Waals surface area contributed by atoms with E-state index in [1.54, 1.807) is 16.7 Å². The van der Waals surface area contributed by atoms with E-state index >= 15 is 0 Å². The van der Waals surface area contributed by atoms with Gasteiger partial charge in [0, 0.05) is 46.6 Å². The Hall–Kier alpha value is -4.39. The lowest BCUT2D eigenvalue weighted by Crippen LogP contribution is -2.69. The molecule has 0 radical (unpaired) electrons. The lowest BCUT2D eigenvalue weighted by molar-refractivity contribution is -0.168. The summed E-state index contributed by atoms with van der Waals surface area (Å²) in [7, 11) is 0. The van der Waals surface area contributed by atoms with Crippen LogP contribution in [0.3, 0.4) is 0 Å². The van der Waals surface area contributed by atoms with Crippen LogP contribution < -0.4 is 21.1 Å². The van der Waals surface area contributed by atoms with Gasteiger partial charge >= 0.3 is 5.97 Å². The molecule has 432 valence electrons. The smallest absolute Gasteiger partial charge is 0.306 e. The number of aliphatic hydroxyl groups is 2. The standard InChI is InChI=1S/C75H98N2O4/c1-46(2)37-55-30-33-71(4)66(79)32-35-74-62-31-34-72(5)68-59(69(80)81)28-24-47(3)57(50-17-7-6-8-18-50)23-14-36-76-67-29-26-54(45-77-67)51-21-13-15-48(38-51)39-60-58-22-12-11-20-53(58)41-63(74)61(60)42-73(55,70(71)74)43-64(62)75(72,44-65(68)78)56-27-25-49-16-9-10-19-52(49)40-56/h11-13,15,20-22,26,29-30,38,41-42,46,49-50,52,56-57,59,63,65-66,68,70,76-79H,3,6-10,14,16-19,23-25,27-28,31-37,39-40,43-45H2,1-2,4-5H3,(H,80,81). The van der Waals surface area contributed by atoms with Gasteiger partial charge in [-0.05, 0) is 207 Å². The van der Waals surface area contributed by atoms with E-state index in [4.69, 9.17) is 6.58 Å². The van der Waals surface area contributed by atoms with Crippen LogP contribution in [0.4, 0.5) is 0 Å². The molecule has 5 saturated carbocycles. The molecular weight excluding hydrogens is 993 g/mol. The molecule has 2 aromatic rings. The summed E-state index contributed by atoms with van der Waals surface area (Å²) in [5, 5.41) is 48.6. The first-order chi connectivity index (χ1) is 39.2. The van der Waals surface area contributed by atoms with Crippen LogP contribution >= 0.6 is 0 Å². The van der Waals surface area contributed by atoms with Crippen molar-refractivity contribution in [3.63, 3.8) is 0 Å². The second-order valence-corrected chi connectivity index (χ2v) is 30.3. The van der Waals surface area contributed by atoms with Crippen molar-refractivity contribution in [2.75, 3.05) is 13.1 Å². The zero-order valence-electron chi connectivity index (χ0n) is 50.0. The molecule has 0 saturated heterocycles. The number of nitrogens with one attached hydrogen (secondary N) is 2. The fraction of sp³-hybridized carbons (Fsp3) is 0.640. The van der Waals surface area contributed by atoms with Gasteiger partial charge < -0.3 is 26.0 Å². The predicted molar refractivity (Wildman–Crippen MR) is 328 cm³/mol. The molecule has 81 heavy (non-hydrogen) atoms. The van der Waals surface area contributed by atoms with Crippen LogP contribution in [0.15, 0.2) is 113 Å². The highest BCUT2D eigenvalue weighted by Gasteiger charge is 2.77. The van der Waals surface area contributed by atoms with E-state index in [0.717, 1.165) is 89.0 Å². The number of carbonyl (C=O) groups is 1. The molecular formula is C75H98N2O4. The number of dihydropyridines is 1. The van der Waals surface area contributed by atoms with Crippen LogP contribution in [0.25, 0.3) is 17.2 Å². The Morgan fingerprint density at radius 1 is 0.815 bits per heavy atom. The molecule has 6 aliphatic heterocycles. The Labute approximate surface area is 486 Å². The Morgan fingerprint density at radius 2 is 1.62 bits per heavy atom. The first-order valence-electron chi connectivity index (χ1n) is 33.4. The van der Waals surface area contributed by atoms with Crippen molar-refractivity contribution in [2.24, 2.45) is 86.3 Å². The van der Waals surface area contributed by atoms with Crippen LogP contribution in [0.1, 0.15) is 193 Å². The normalized spacial score (nSPS) is 41.2. The first-order valence-corrected chi connectivity index (χ1v) is 33.4. The van der Waals surface area contributed by atoms with Crippen molar-refractivity contribution in [3.8, 4) is 0 Å². The molecule has 0 aromatic heterocycles. The summed E-state index contributed by atoms with van der Waals surface area (Å²) < 4.78 is 0. The third-order valence-electron chi connectivity index (χ3n) is 26.2. The summed E-state index contributed by atoms with van der Waals surface area (Å²) >= 11 is 0. The molecule has 2 spiro atoms. The molecule has 10 aliphatic carbocycles. The van der Waals surface area contributed by atoms with Crippen molar-refractivity contribution in [1.82, 2.24) is 10.6 Å². The van der Waals surface area contributed by atoms with Crippen molar-refractivity contribution in [3.05, 3.63) is 135 Å². The minimum atomic E-state index is -0.711. The molecule has 15 unspecified atom stereocenters. The average molecular weight is 1090 g/mol. The maximum Gasteiger partial charge on any atom is 0.306 e. The minimum absolute atomic E-state index is 0.131. The van der Waals surface area contributed by atoms with Crippen LogP contribution in [0, 0.1) is 86.3 Å². The Kier molecular flexibility index (Phi) is 13.9. The maximum atomic E-state index is 14.5. The number of allylic oxidation sites excluding steroid dienone is 9. The van der Waals surface area contributed by atoms with Crippen molar-refractivity contribution in [2.45, 2.75) is 200 Å². The quantitative estimate of drug-likeness (QED) is 0.191. The summed E-state index contributed by atoms with van der Waals surface area (Å²) in [4.78, 5) is 14.5. The molecule has 15 atom stereocenters. The number of hydrogen-bond donors (Lipinski definition) is 5. The van der Waals surface area contributed by atoms with E-state index in [1.165, 1.54) is 121 Å². The first kappa shape index (κ1) is 54.5. The highest BCUT2D eigenvalue weighted by molar-refractivity contribution is 5.78. The SMILES string of the molecule is C=C1CCC(C(=O)O)C2C(O)CC3(C4CCC5CCCCC5C4)C4=C(CCC23C)C23CCC(O)C5(C)CC=C(CC(C)C)C(C=C6C(=c7ccccc7=CC62)Cc2cccc(c2)C2=CC=C(NCCCC1C1CCCCC1)NC2)(C4)C53. The van der Waals surface area contributed by atoms with Gasteiger partial charge in [0.2, 0.25) is 0 Å². The zero-order valence-corrected chi connectivity index (χ0v) is 50.0. The van der Waals surface area contributed by atoms with Crippen LogP contribution in [0.2, 0.25) is 0 Å². The molecule has 6 heterocycles. The molecule has 14 bridgehead atoms. The van der Waals surface area contributed by atoms with Crippen molar-refractivity contribution < 1.29 is 20.1 Å².